The first-order valence-electron chi connectivity index (χ1n) is 9.08. The Bertz CT molecular complexity index is 776. The lowest BCUT2D eigenvalue weighted by atomic mass is 10.1. The van der Waals surface area contributed by atoms with Crippen molar-refractivity contribution in [3.8, 4) is 11.5 Å². The summed E-state index contributed by atoms with van der Waals surface area (Å²) in [7, 11) is 0. The number of rotatable bonds is 9. The summed E-state index contributed by atoms with van der Waals surface area (Å²) in [4.78, 5) is 24.6. The molecule has 2 amide bonds. The molecule has 0 unspecified atom stereocenters. The molecule has 0 radical (unpaired) electrons. The predicted octanol–water partition coefficient (Wildman–Crippen LogP) is 3.03. The molecule has 0 aliphatic heterocycles. The van der Waals surface area contributed by atoms with Gasteiger partial charge in [0, 0.05) is 23.7 Å². The van der Waals surface area contributed by atoms with Crippen molar-refractivity contribution in [2.45, 2.75) is 26.8 Å². The SMILES string of the molecule is CCOc1cccc(C(=O)NC[C@@H](C)NC(=O)c2cccc(OCC)c2)c1. The Morgan fingerprint density at radius 1 is 0.889 bits per heavy atom. The van der Waals surface area contributed by atoms with Gasteiger partial charge >= 0.3 is 0 Å². The number of ether oxygens (including phenoxy) is 2. The predicted molar refractivity (Wildman–Crippen MR) is 104 cm³/mol. The molecule has 0 fully saturated rings. The maximum absolute atomic E-state index is 12.3. The molecule has 0 bridgehead atoms. The van der Waals surface area contributed by atoms with Gasteiger partial charge in [0.25, 0.3) is 11.8 Å². The molecule has 0 spiro atoms. The van der Waals surface area contributed by atoms with Crippen molar-refractivity contribution in [2.75, 3.05) is 19.8 Å². The highest BCUT2D eigenvalue weighted by atomic mass is 16.5. The molecule has 2 N–H and O–H groups in total. The van der Waals surface area contributed by atoms with E-state index < -0.39 is 0 Å². The summed E-state index contributed by atoms with van der Waals surface area (Å²) >= 11 is 0. The second kappa shape index (κ2) is 10.2. The fourth-order valence-corrected chi connectivity index (χ4v) is 2.49. The monoisotopic (exact) mass is 370 g/mol. The topological polar surface area (TPSA) is 76.7 Å². The highest BCUT2D eigenvalue weighted by molar-refractivity contribution is 5.95. The van der Waals surface area contributed by atoms with Crippen LogP contribution in [0.5, 0.6) is 11.5 Å². The van der Waals surface area contributed by atoms with Gasteiger partial charge in [-0.15, -0.1) is 0 Å². The van der Waals surface area contributed by atoms with Gasteiger partial charge in [-0.2, -0.15) is 0 Å². The number of hydrogen-bond acceptors (Lipinski definition) is 4. The Kier molecular flexibility index (Phi) is 7.67. The van der Waals surface area contributed by atoms with Gasteiger partial charge in [0.1, 0.15) is 11.5 Å². The zero-order valence-corrected chi connectivity index (χ0v) is 16.0. The van der Waals surface area contributed by atoms with E-state index in [0.717, 1.165) is 0 Å². The molecule has 6 heteroatoms. The van der Waals surface area contributed by atoms with Crippen molar-refractivity contribution in [2.24, 2.45) is 0 Å². The summed E-state index contributed by atoms with van der Waals surface area (Å²) in [6, 6.07) is 13.8. The van der Waals surface area contributed by atoms with Gasteiger partial charge in [0.2, 0.25) is 0 Å². The average Bonchev–Trinajstić information content (AvgIpc) is 2.67. The minimum absolute atomic E-state index is 0.211. The molecule has 27 heavy (non-hydrogen) atoms. The van der Waals surface area contributed by atoms with Crippen molar-refractivity contribution in [1.29, 1.82) is 0 Å². The van der Waals surface area contributed by atoms with Crippen LogP contribution in [0.4, 0.5) is 0 Å². The normalized spacial score (nSPS) is 11.4. The van der Waals surface area contributed by atoms with Gasteiger partial charge in [-0.05, 0) is 57.2 Å². The lowest BCUT2D eigenvalue weighted by molar-refractivity contribution is 0.0912. The van der Waals surface area contributed by atoms with Crippen LogP contribution in [-0.2, 0) is 0 Å². The largest absolute Gasteiger partial charge is 0.494 e. The Hall–Kier alpha value is -3.02. The smallest absolute Gasteiger partial charge is 0.251 e. The van der Waals surface area contributed by atoms with Gasteiger partial charge in [-0.1, -0.05) is 12.1 Å². The Labute approximate surface area is 159 Å². The molecule has 0 aliphatic rings. The molecule has 2 aromatic rings. The van der Waals surface area contributed by atoms with E-state index in [1.165, 1.54) is 0 Å². The summed E-state index contributed by atoms with van der Waals surface area (Å²) < 4.78 is 10.8. The van der Waals surface area contributed by atoms with Crippen LogP contribution in [0, 0.1) is 0 Å². The van der Waals surface area contributed by atoms with Crippen LogP contribution in [0.15, 0.2) is 48.5 Å². The molecule has 2 aromatic carbocycles. The van der Waals surface area contributed by atoms with Crippen LogP contribution >= 0.6 is 0 Å². The molecule has 0 saturated carbocycles. The first kappa shape index (κ1) is 20.3. The van der Waals surface area contributed by atoms with E-state index in [4.69, 9.17) is 9.47 Å². The van der Waals surface area contributed by atoms with Crippen molar-refractivity contribution >= 4 is 11.8 Å². The van der Waals surface area contributed by atoms with E-state index in [-0.39, 0.29) is 17.9 Å². The van der Waals surface area contributed by atoms with Crippen LogP contribution in [0.1, 0.15) is 41.5 Å². The van der Waals surface area contributed by atoms with E-state index in [1.807, 2.05) is 20.8 Å². The van der Waals surface area contributed by atoms with Crippen molar-refractivity contribution in [1.82, 2.24) is 10.6 Å². The van der Waals surface area contributed by atoms with E-state index >= 15 is 0 Å². The number of nitrogens with one attached hydrogen (secondary N) is 2. The highest BCUT2D eigenvalue weighted by Gasteiger charge is 2.13. The van der Waals surface area contributed by atoms with E-state index in [9.17, 15) is 9.59 Å². The quantitative estimate of drug-likeness (QED) is 0.711. The molecule has 0 aliphatic carbocycles. The fraction of sp³-hybridized carbons (Fsp3) is 0.333. The number of carbonyl (C=O) groups is 2. The van der Waals surface area contributed by atoms with Crippen LogP contribution in [0.3, 0.4) is 0 Å². The third kappa shape index (κ3) is 6.33. The molecule has 6 nitrogen and oxygen atoms in total. The molecule has 144 valence electrons. The van der Waals surface area contributed by atoms with Gasteiger partial charge in [0.05, 0.1) is 13.2 Å². The summed E-state index contributed by atoms with van der Waals surface area (Å²) in [5, 5.41) is 5.69. The second-order valence-corrected chi connectivity index (χ2v) is 6.01. The third-order valence-corrected chi connectivity index (χ3v) is 3.76. The number of hydrogen-bond donors (Lipinski definition) is 2. The van der Waals surface area contributed by atoms with Crippen LogP contribution in [0.25, 0.3) is 0 Å². The fourth-order valence-electron chi connectivity index (χ4n) is 2.49. The van der Waals surface area contributed by atoms with Crippen LogP contribution in [0.2, 0.25) is 0 Å². The summed E-state index contributed by atoms with van der Waals surface area (Å²) in [5.41, 5.74) is 1.03. The molecular weight excluding hydrogens is 344 g/mol. The third-order valence-electron chi connectivity index (χ3n) is 3.76. The first-order valence-corrected chi connectivity index (χ1v) is 9.08. The zero-order chi connectivity index (χ0) is 19.6. The highest BCUT2D eigenvalue weighted by Crippen LogP contribution is 2.14. The molecule has 2 rings (SSSR count). The summed E-state index contributed by atoms with van der Waals surface area (Å²) in [6.07, 6.45) is 0. The van der Waals surface area contributed by atoms with Gasteiger partial charge in [-0.3, -0.25) is 9.59 Å². The maximum atomic E-state index is 12.3. The Balaban J connectivity index is 1.87. The van der Waals surface area contributed by atoms with Crippen molar-refractivity contribution in [3.05, 3.63) is 59.7 Å². The molecular formula is C21H26N2O4. The maximum Gasteiger partial charge on any atom is 0.251 e. The van der Waals surface area contributed by atoms with Crippen molar-refractivity contribution < 1.29 is 19.1 Å². The minimum atomic E-state index is -0.229. The lowest BCUT2D eigenvalue weighted by Crippen LogP contribution is -2.41. The molecule has 0 aromatic heterocycles. The zero-order valence-electron chi connectivity index (χ0n) is 16.0. The van der Waals surface area contributed by atoms with E-state index in [1.54, 1.807) is 48.5 Å². The number of carbonyl (C=O) groups excluding carboxylic acids is 2. The van der Waals surface area contributed by atoms with E-state index in [2.05, 4.69) is 10.6 Å². The lowest BCUT2D eigenvalue weighted by Gasteiger charge is -2.15. The van der Waals surface area contributed by atoms with Crippen LogP contribution in [-0.4, -0.2) is 37.6 Å². The minimum Gasteiger partial charge on any atom is -0.494 e. The van der Waals surface area contributed by atoms with Gasteiger partial charge < -0.3 is 20.1 Å². The first-order chi connectivity index (χ1) is 13.0. The number of benzene rings is 2. The Morgan fingerprint density at radius 2 is 1.41 bits per heavy atom. The standard InChI is InChI=1S/C21H26N2O4/c1-4-26-18-10-6-8-16(12-18)20(24)22-14-15(3)23-21(25)17-9-7-11-19(13-17)27-5-2/h6-13,15H,4-5,14H2,1-3H3,(H,22,24)(H,23,25)/t15-/m1/s1. The number of amides is 2. The van der Waals surface area contributed by atoms with Crippen LogP contribution < -0.4 is 20.1 Å². The summed E-state index contributed by atoms with van der Waals surface area (Å²) in [5.74, 6) is 0.883. The second-order valence-electron chi connectivity index (χ2n) is 6.01. The molecule has 0 heterocycles. The van der Waals surface area contributed by atoms with E-state index in [0.29, 0.717) is 42.4 Å². The molecule has 1 atom stereocenters. The molecule has 0 saturated heterocycles. The van der Waals surface area contributed by atoms with Crippen molar-refractivity contribution in [3.63, 3.8) is 0 Å². The average molecular weight is 370 g/mol. The Morgan fingerprint density at radius 3 is 1.93 bits per heavy atom. The summed E-state index contributed by atoms with van der Waals surface area (Å²) in [6.45, 7) is 7.01. The van der Waals surface area contributed by atoms with Gasteiger partial charge in [0.15, 0.2) is 0 Å². The van der Waals surface area contributed by atoms with Gasteiger partial charge in [-0.25, -0.2) is 0 Å².